The summed E-state index contributed by atoms with van der Waals surface area (Å²) in [6, 6.07) is 13.5. The van der Waals surface area contributed by atoms with Crippen molar-refractivity contribution < 1.29 is 14.3 Å². The Balaban J connectivity index is 1.37. The normalized spacial score (nSPS) is 12.0. The van der Waals surface area contributed by atoms with Crippen LogP contribution in [0.2, 0.25) is 0 Å². The van der Waals surface area contributed by atoms with Gasteiger partial charge in [-0.25, -0.2) is 14.8 Å². The molecule has 3 heterocycles. The molecule has 3 aromatic heterocycles. The van der Waals surface area contributed by atoms with Crippen molar-refractivity contribution in [3.63, 3.8) is 0 Å². The van der Waals surface area contributed by atoms with E-state index in [2.05, 4.69) is 39.7 Å². The summed E-state index contributed by atoms with van der Waals surface area (Å²) in [5, 5.41) is 12.4. The number of fused-ring (bicyclic) bond motifs is 3. The maximum absolute atomic E-state index is 11.9. The van der Waals surface area contributed by atoms with Gasteiger partial charge in [0.15, 0.2) is 0 Å². The fraction of sp³-hybridized carbons (Fsp3) is 0.207. The highest BCUT2D eigenvalue weighted by molar-refractivity contribution is 5.91. The quantitative estimate of drug-likeness (QED) is 0.324. The lowest BCUT2D eigenvalue weighted by molar-refractivity contribution is 0.0600. The second kappa shape index (κ2) is 9.71. The predicted octanol–water partition coefficient (Wildman–Crippen LogP) is 4.58. The van der Waals surface area contributed by atoms with Crippen LogP contribution in [0.4, 0.5) is 11.6 Å². The minimum atomic E-state index is -0.435. The second-order valence-electron chi connectivity index (χ2n) is 9.37. The number of nitrogens with zero attached hydrogens (tertiary/aromatic N) is 6. The van der Waals surface area contributed by atoms with E-state index in [9.17, 15) is 4.79 Å². The standard InChI is InChI=1S/C29H27N7O3/c1-35-16-21(15-31-35)17-5-7-18(8-6-17)27-25-23(34-36(27)2)12-10-20-14-30-29(33-26(20)25)32-22-11-9-19(28(37)39-4)13-24(22)38-3/h5-9,11,13-16H,10,12H2,1-4H3,(H,30,32,33). The molecule has 6 rings (SSSR count). The zero-order chi connectivity index (χ0) is 27.1. The first-order chi connectivity index (χ1) is 18.9. The lowest BCUT2D eigenvalue weighted by Crippen LogP contribution is -2.09. The summed E-state index contributed by atoms with van der Waals surface area (Å²) in [5.41, 5.74) is 9.23. The number of benzene rings is 2. The van der Waals surface area contributed by atoms with Gasteiger partial charge in [-0.1, -0.05) is 24.3 Å². The summed E-state index contributed by atoms with van der Waals surface area (Å²) in [4.78, 5) is 21.4. The van der Waals surface area contributed by atoms with Gasteiger partial charge in [-0.3, -0.25) is 9.36 Å². The summed E-state index contributed by atoms with van der Waals surface area (Å²) in [6.07, 6.45) is 7.37. The monoisotopic (exact) mass is 521 g/mol. The van der Waals surface area contributed by atoms with E-state index in [4.69, 9.17) is 19.6 Å². The first kappa shape index (κ1) is 24.4. The third-order valence-corrected chi connectivity index (χ3v) is 6.92. The summed E-state index contributed by atoms with van der Waals surface area (Å²) in [6.45, 7) is 0. The molecular weight excluding hydrogens is 494 g/mol. The fourth-order valence-corrected chi connectivity index (χ4v) is 5.00. The molecule has 0 unspecified atom stereocenters. The summed E-state index contributed by atoms with van der Waals surface area (Å²) in [7, 11) is 6.77. The Kier molecular flexibility index (Phi) is 6.07. The number of nitrogens with one attached hydrogen (secondary N) is 1. The van der Waals surface area contributed by atoms with E-state index in [1.54, 1.807) is 30.0 Å². The molecule has 39 heavy (non-hydrogen) atoms. The van der Waals surface area contributed by atoms with Gasteiger partial charge in [0, 0.05) is 43.2 Å². The maximum Gasteiger partial charge on any atom is 0.337 e. The van der Waals surface area contributed by atoms with Gasteiger partial charge in [0.1, 0.15) is 5.75 Å². The molecule has 10 nitrogen and oxygen atoms in total. The van der Waals surface area contributed by atoms with Crippen molar-refractivity contribution in [1.82, 2.24) is 29.5 Å². The van der Waals surface area contributed by atoms with Crippen LogP contribution >= 0.6 is 0 Å². The third-order valence-electron chi connectivity index (χ3n) is 6.92. The van der Waals surface area contributed by atoms with Gasteiger partial charge in [-0.15, -0.1) is 0 Å². The lowest BCUT2D eigenvalue weighted by Gasteiger charge is -2.18. The SMILES string of the molecule is COC(=O)c1ccc(Nc2ncc3c(n2)-c2c(nn(C)c2-c2ccc(-c4cnn(C)c4)cc2)CC3)c(OC)c1. The molecule has 0 atom stereocenters. The Morgan fingerprint density at radius 2 is 1.77 bits per heavy atom. The van der Waals surface area contributed by atoms with Crippen LogP contribution in [-0.2, 0) is 31.7 Å². The number of hydrogen-bond donors (Lipinski definition) is 1. The van der Waals surface area contributed by atoms with Crippen molar-refractivity contribution >= 4 is 17.6 Å². The summed E-state index contributed by atoms with van der Waals surface area (Å²) in [5.74, 6) is 0.470. The number of aromatic nitrogens is 6. The molecule has 0 amide bonds. The zero-order valence-electron chi connectivity index (χ0n) is 22.1. The molecule has 1 N–H and O–H groups in total. The van der Waals surface area contributed by atoms with Crippen LogP contribution in [0.1, 0.15) is 21.6 Å². The zero-order valence-corrected chi connectivity index (χ0v) is 22.1. The van der Waals surface area contributed by atoms with Gasteiger partial charge in [0.2, 0.25) is 5.95 Å². The number of hydrogen-bond acceptors (Lipinski definition) is 8. The maximum atomic E-state index is 11.9. The van der Waals surface area contributed by atoms with Crippen LogP contribution < -0.4 is 10.1 Å². The molecule has 1 aliphatic rings. The van der Waals surface area contributed by atoms with Crippen molar-refractivity contribution in [3.8, 4) is 39.4 Å². The van der Waals surface area contributed by atoms with E-state index >= 15 is 0 Å². The van der Waals surface area contributed by atoms with Crippen molar-refractivity contribution in [1.29, 1.82) is 0 Å². The third kappa shape index (κ3) is 4.39. The van der Waals surface area contributed by atoms with E-state index in [1.807, 2.05) is 37.4 Å². The largest absolute Gasteiger partial charge is 0.495 e. The number of methoxy groups -OCH3 is 2. The average molecular weight is 522 g/mol. The summed E-state index contributed by atoms with van der Waals surface area (Å²) >= 11 is 0. The first-order valence-electron chi connectivity index (χ1n) is 12.5. The van der Waals surface area contributed by atoms with Gasteiger partial charge in [0.05, 0.1) is 48.7 Å². The molecule has 0 fully saturated rings. The summed E-state index contributed by atoms with van der Waals surface area (Å²) < 4.78 is 14.0. The van der Waals surface area contributed by atoms with E-state index in [-0.39, 0.29) is 0 Å². The van der Waals surface area contributed by atoms with Crippen LogP contribution in [-0.4, -0.2) is 49.7 Å². The number of carbonyl (C=O) groups excluding carboxylic acids is 1. The second-order valence-corrected chi connectivity index (χ2v) is 9.37. The van der Waals surface area contributed by atoms with E-state index < -0.39 is 5.97 Å². The van der Waals surface area contributed by atoms with Gasteiger partial charge in [-0.05, 0) is 42.2 Å². The molecule has 2 aromatic carbocycles. The number of esters is 1. The number of aryl methyl sites for hydroxylation is 4. The molecule has 1 aliphatic carbocycles. The molecule has 0 saturated heterocycles. The number of ether oxygens (including phenoxy) is 2. The molecule has 0 aliphatic heterocycles. The van der Waals surface area contributed by atoms with Gasteiger partial charge in [-0.2, -0.15) is 10.2 Å². The van der Waals surface area contributed by atoms with Crippen LogP contribution in [0.5, 0.6) is 5.75 Å². The topological polar surface area (TPSA) is 109 Å². The molecule has 10 heteroatoms. The van der Waals surface area contributed by atoms with E-state index in [0.717, 1.165) is 57.7 Å². The van der Waals surface area contributed by atoms with Crippen LogP contribution in [0.15, 0.2) is 61.1 Å². The Morgan fingerprint density at radius 3 is 2.49 bits per heavy atom. The highest BCUT2D eigenvalue weighted by Gasteiger charge is 2.27. The van der Waals surface area contributed by atoms with E-state index in [0.29, 0.717) is 22.9 Å². The van der Waals surface area contributed by atoms with Crippen molar-refractivity contribution in [2.45, 2.75) is 12.8 Å². The molecule has 0 spiro atoms. The van der Waals surface area contributed by atoms with Crippen molar-refractivity contribution in [2.75, 3.05) is 19.5 Å². The lowest BCUT2D eigenvalue weighted by atomic mass is 9.91. The Bertz CT molecular complexity index is 1700. The van der Waals surface area contributed by atoms with Crippen LogP contribution in [0, 0.1) is 0 Å². The highest BCUT2D eigenvalue weighted by atomic mass is 16.5. The molecule has 196 valence electrons. The Morgan fingerprint density at radius 1 is 0.974 bits per heavy atom. The fourth-order valence-electron chi connectivity index (χ4n) is 5.00. The van der Waals surface area contributed by atoms with Crippen LogP contribution in [0.3, 0.4) is 0 Å². The first-order valence-corrected chi connectivity index (χ1v) is 12.5. The molecule has 0 saturated carbocycles. The average Bonchev–Trinajstić information content (AvgIpc) is 3.55. The minimum Gasteiger partial charge on any atom is -0.495 e. The van der Waals surface area contributed by atoms with Gasteiger partial charge < -0.3 is 14.8 Å². The van der Waals surface area contributed by atoms with Gasteiger partial charge in [0.25, 0.3) is 0 Å². The van der Waals surface area contributed by atoms with Crippen LogP contribution in [0.25, 0.3) is 33.6 Å². The van der Waals surface area contributed by atoms with Crippen molar-refractivity contribution in [2.24, 2.45) is 14.1 Å². The smallest absolute Gasteiger partial charge is 0.337 e. The molecule has 5 aromatic rings. The number of rotatable bonds is 6. The minimum absolute atomic E-state index is 0.394. The molecule has 0 bridgehead atoms. The Labute approximate surface area is 225 Å². The predicted molar refractivity (Wildman–Crippen MR) is 147 cm³/mol. The highest BCUT2D eigenvalue weighted by Crippen LogP contribution is 2.40. The Hall–Kier alpha value is -4.99. The number of anilines is 2. The van der Waals surface area contributed by atoms with Crippen molar-refractivity contribution in [3.05, 3.63) is 77.9 Å². The molecular formula is C29H27N7O3. The molecule has 0 radical (unpaired) electrons. The van der Waals surface area contributed by atoms with Gasteiger partial charge >= 0.3 is 5.97 Å². The van der Waals surface area contributed by atoms with E-state index in [1.165, 1.54) is 7.11 Å². The number of carbonyl (C=O) groups is 1.